The second kappa shape index (κ2) is 7.95. The van der Waals surface area contributed by atoms with Crippen molar-refractivity contribution in [1.82, 2.24) is 4.90 Å². The molecule has 0 bridgehead atoms. The van der Waals surface area contributed by atoms with E-state index in [2.05, 4.69) is 18.7 Å². The molecule has 1 rings (SSSR count). The van der Waals surface area contributed by atoms with Crippen molar-refractivity contribution < 1.29 is 9.53 Å². The predicted octanol–water partition coefficient (Wildman–Crippen LogP) is 3.52. The first-order valence-corrected chi connectivity index (χ1v) is 7.02. The number of hydrogen-bond acceptors (Lipinski definition) is 3. The van der Waals surface area contributed by atoms with E-state index in [4.69, 9.17) is 4.74 Å². The summed E-state index contributed by atoms with van der Waals surface area (Å²) in [5.74, 6) is 0.959. The van der Waals surface area contributed by atoms with Gasteiger partial charge in [-0.1, -0.05) is 20.3 Å². The van der Waals surface area contributed by atoms with Crippen LogP contribution < -0.4 is 4.74 Å². The molecule has 0 aromatic heterocycles. The van der Waals surface area contributed by atoms with Crippen molar-refractivity contribution in [1.29, 1.82) is 0 Å². The van der Waals surface area contributed by atoms with Gasteiger partial charge in [-0.15, -0.1) is 0 Å². The van der Waals surface area contributed by atoms with Crippen molar-refractivity contribution in [2.45, 2.75) is 40.2 Å². The number of ether oxygens (including phenoxy) is 1. The summed E-state index contributed by atoms with van der Waals surface area (Å²) in [5.41, 5.74) is 1.84. The van der Waals surface area contributed by atoms with Crippen LogP contribution in [-0.4, -0.2) is 30.9 Å². The lowest BCUT2D eigenvalue weighted by Crippen LogP contribution is -2.24. The molecule has 0 atom stereocenters. The van der Waals surface area contributed by atoms with Gasteiger partial charge in [0.1, 0.15) is 5.75 Å². The molecule has 1 aromatic carbocycles. The Morgan fingerprint density at radius 2 is 2.05 bits per heavy atom. The highest BCUT2D eigenvalue weighted by atomic mass is 16.5. The van der Waals surface area contributed by atoms with E-state index in [0.717, 1.165) is 36.5 Å². The normalized spacial score (nSPS) is 10.8. The molecule has 0 saturated heterocycles. The second-order valence-corrected chi connectivity index (χ2v) is 4.81. The highest BCUT2D eigenvalue weighted by Crippen LogP contribution is 2.22. The van der Waals surface area contributed by atoms with E-state index in [9.17, 15) is 4.79 Å². The molecule has 0 aliphatic heterocycles. The number of methoxy groups -OCH3 is 1. The van der Waals surface area contributed by atoms with E-state index >= 15 is 0 Å². The molecule has 0 radical (unpaired) electrons. The van der Waals surface area contributed by atoms with Crippen LogP contribution in [0.4, 0.5) is 0 Å². The van der Waals surface area contributed by atoms with E-state index in [1.54, 1.807) is 14.0 Å². The monoisotopic (exact) mass is 263 g/mol. The summed E-state index contributed by atoms with van der Waals surface area (Å²) in [5, 5.41) is 0. The SMILES string of the molecule is CCCCN(CC)Cc1cc(C(C)=O)ccc1OC. The van der Waals surface area contributed by atoms with E-state index in [1.165, 1.54) is 12.8 Å². The van der Waals surface area contributed by atoms with E-state index in [-0.39, 0.29) is 5.78 Å². The van der Waals surface area contributed by atoms with Crippen LogP contribution in [0, 0.1) is 0 Å². The molecule has 0 spiro atoms. The third-order valence-corrected chi connectivity index (χ3v) is 3.36. The summed E-state index contributed by atoms with van der Waals surface area (Å²) in [4.78, 5) is 13.9. The van der Waals surface area contributed by atoms with Gasteiger partial charge in [-0.25, -0.2) is 0 Å². The van der Waals surface area contributed by atoms with Crippen molar-refractivity contribution in [2.75, 3.05) is 20.2 Å². The summed E-state index contributed by atoms with van der Waals surface area (Å²) in [6.07, 6.45) is 2.39. The van der Waals surface area contributed by atoms with Crippen molar-refractivity contribution in [3.63, 3.8) is 0 Å². The molecule has 1 aromatic rings. The first-order valence-electron chi connectivity index (χ1n) is 7.02. The Labute approximate surface area is 116 Å². The van der Waals surface area contributed by atoms with Gasteiger partial charge in [0, 0.05) is 17.7 Å². The fraction of sp³-hybridized carbons (Fsp3) is 0.562. The minimum absolute atomic E-state index is 0.0977. The minimum Gasteiger partial charge on any atom is -0.496 e. The molecule has 0 aliphatic rings. The summed E-state index contributed by atoms with van der Waals surface area (Å²) >= 11 is 0. The number of nitrogens with zero attached hydrogens (tertiary/aromatic N) is 1. The summed E-state index contributed by atoms with van der Waals surface area (Å²) < 4.78 is 5.39. The fourth-order valence-corrected chi connectivity index (χ4v) is 2.09. The maximum atomic E-state index is 11.5. The molecule has 0 heterocycles. The average molecular weight is 263 g/mol. The van der Waals surface area contributed by atoms with Crippen LogP contribution in [0.5, 0.6) is 5.75 Å². The molecule has 3 nitrogen and oxygen atoms in total. The lowest BCUT2D eigenvalue weighted by atomic mass is 10.1. The first-order chi connectivity index (χ1) is 9.12. The topological polar surface area (TPSA) is 29.5 Å². The Morgan fingerprint density at radius 1 is 1.32 bits per heavy atom. The lowest BCUT2D eigenvalue weighted by Gasteiger charge is -2.21. The molecule has 0 amide bonds. The number of hydrogen-bond donors (Lipinski definition) is 0. The Balaban J connectivity index is 2.89. The summed E-state index contributed by atoms with van der Waals surface area (Å²) in [6.45, 7) is 8.89. The van der Waals surface area contributed by atoms with Crippen LogP contribution in [0.2, 0.25) is 0 Å². The van der Waals surface area contributed by atoms with E-state index in [0.29, 0.717) is 0 Å². The average Bonchev–Trinajstić information content (AvgIpc) is 2.43. The number of ketones is 1. The van der Waals surface area contributed by atoms with Gasteiger partial charge >= 0.3 is 0 Å². The van der Waals surface area contributed by atoms with Crippen molar-refractivity contribution in [3.05, 3.63) is 29.3 Å². The van der Waals surface area contributed by atoms with E-state index < -0.39 is 0 Å². The van der Waals surface area contributed by atoms with Crippen molar-refractivity contribution in [3.8, 4) is 5.75 Å². The molecule has 3 heteroatoms. The van der Waals surface area contributed by atoms with Crippen LogP contribution in [0.25, 0.3) is 0 Å². The maximum Gasteiger partial charge on any atom is 0.159 e. The number of Topliss-reactive ketones (excluding diaryl/α,β-unsaturated/α-hetero) is 1. The Morgan fingerprint density at radius 3 is 2.58 bits per heavy atom. The minimum atomic E-state index is 0.0977. The van der Waals surface area contributed by atoms with Crippen LogP contribution >= 0.6 is 0 Å². The number of benzene rings is 1. The van der Waals surface area contributed by atoms with Gasteiger partial charge in [0.15, 0.2) is 5.78 Å². The highest BCUT2D eigenvalue weighted by Gasteiger charge is 2.10. The predicted molar refractivity (Wildman–Crippen MR) is 78.9 cm³/mol. The van der Waals surface area contributed by atoms with Crippen molar-refractivity contribution in [2.24, 2.45) is 0 Å². The zero-order chi connectivity index (χ0) is 14.3. The number of carbonyl (C=O) groups is 1. The van der Waals surface area contributed by atoms with Crippen LogP contribution in [0.15, 0.2) is 18.2 Å². The number of carbonyl (C=O) groups excluding carboxylic acids is 1. The maximum absolute atomic E-state index is 11.5. The van der Waals surface area contributed by atoms with E-state index in [1.807, 2.05) is 18.2 Å². The smallest absolute Gasteiger partial charge is 0.159 e. The quantitative estimate of drug-likeness (QED) is 0.672. The van der Waals surface area contributed by atoms with Gasteiger partial charge in [-0.05, 0) is 44.6 Å². The zero-order valence-electron chi connectivity index (χ0n) is 12.5. The summed E-state index contributed by atoms with van der Waals surface area (Å²) in [6, 6.07) is 5.67. The Bertz CT molecular complexity index is 415. The molecular formula is C16H25NO2. The zero-order valence-corrected chi connectivity index (χ0v) is 12.5. The van der Waals surface area contributed by atoms with Crippen LogP contribution in [0.3, 0.4) is 0 Å². The largest absolute Gasteiger partial charge is 0.496 e. The fourth-order valence-electron chi connectivity index (χ4n) is 2.09. The van der Waals surface area contributed by atoms with Gasteiger partial charge in [0.25, 0.3) is 0 Å². The Hall–Kier alpha value is -1.35. The molecule has 19 heavy (non-hydrogen) atoms. The molecule has 0 fully saturated rings. The van der Waals surface area contributed by atoms with Crippen LogP contribution in [-0.2, 0) is 6.54 Å². The lowest BCUT2D eigenvalue weighted by molar-refractivity contribution is 0.101. The standard InChI is InChI=1S/C16H25NO2/c1-5-7-10-17(6-2)12-15-11-14(13(3)18)8-9-16(15)19-4/h8-9,11H,5-7,10,12H2,1-4H3. The molecular weight excluding hydrogens is 238 g/mol. The number of unbranched alkanes of at least 4 members (excludes halogenated alkanes) is 1. The van der Waals surface area contributed by atoms with Crippen molar-refractivity contribution >= 4 is 5.78 Å². The molecule has 0 unspecified atom stereocenters. The Kier molecular flexibility index (Phi) is 6.57. The molecule has 0 N–H and O–H groups in total. The second-order valence-electron chi connectivity index (χ2n) is 4.81. The molecule has 106 valence electrons. The highest BCUT2D eigenvalue weighted by molar-refractivity contribution is 5.94. The third-order valence-electron chi connectivity index (χ3n) is 3.36. The summed E-state index contributed by atoms with van der Waals surface area (Å²) in [7, 11) is 1.68. The third kappa shape index (κ3) is 4.67. The molecule has 0 aliphatic carbocycles. The van der Waals surface area contributed by atoms with Crippen LogP contribution in [0.1, 0.15) is 49.5 Å². The van der Waals surface area contributed by atoms with Gasteiger partial charge in [-0.2, -0.15) is 0 Å². The van der Waals surface area contributed by atoms with Gasteiger partial charge in [0.2, 0.25) is 0 Å². The first kappa shape index (κ1) is 15.7. The number of rotatable bonds is 8. The van der Waals surface area contributed by atoms with Gasteiger partial charge in [0.05, 0.1) is 7.11 Å². The molecule has 0 saturated carbocycles. The van der Waals surface area contributed by atoms with Gasteiger partial charge < -0.3 is 4.74 Å². The van der Waals surface area contributed by atoms with Gasteiger partial charge in [-0.3, -0.25) is 9.69 Å².